The highest BCUT2D eigenvalue weighted by molar-refractivity contribution is 7.89. The molecule has 1 heterocycles. The highest BCUT2D eigenvalue weighted by Gasteiger charge is 2.28. The summed E-state index contributed by atoms with van der Waals surface area (Å²) >= 11 is 0. The van der Waals surface area contributed by atoms with Crippen LogP contribution >= 0.6 is 0 Å². The second-order valence-corrected chi connectivity index (χ2v) is 7.52. The van der Waals surface area contributed by atoms with Gasteiger partial charge in [-0.15, -0.1) is 0 Å². The van der Waals surface area contributed by atoms with E-state index in [4.69, 9.17) is 4.74 Å². The summed E-state index contributed by atoms with van der Waals surface area (Å²) in [6.45, 7) is 0.686. The van der Waals surface area contributed by atoms with E-state index in [-0.39, 0.29) is 10.9 Å². The fourth-order valence-corrected chi connectivity index (χ4v) is 4.37. The lowest BCUT2D eigenvalue weighted by Gasteiger charge is -2.28. The first kappa shape index (κ1) is 14.8. The van der Waals surface area contributed by atoms with Gasteiger partial charge in [0.15, 0.2) is 0 Å². The highest BCUT2D eigenvalue weighted by atomic mass is 32.2. The second kappa shape index (κ2) is 5.94. The molecule has 116 valence electrons. The quantitative estimate of drug-likeness (QED) is 0.889. The van der Waals surface area contributed by atoms with Crippen LogP contribution in [0.25, 0.3) is 0 Å². The summed E-state index contributed by atoms with van der Waals surface area (Å²) in [5.74, 6) is 0.776. The van der Waals surface area contributed by atoms with Gasteiger partial charge in [0.1, 0.15) is 5.75 Å². The lowest BCUT2D eigenvalue weighted by Crippen LogP contribution is -2.44. The minimum absolute atomic E-state index is 0.254. The molecule has 6 heteroatoms. The predicted molar refractivity (Wildman–Crippen MR) is 78.8 cm³/mol. The molecule has 1 aromatic rings. The molecular weight excluding hydrogens is 290 g/mol. The molecule has 5 nitrogen and oxygen atoms in total. The summed E-state index contributed by atoms with van der Waals surface area (Å²) in [6.07, 6.45) is 4.41. The Hall–Kier alpha value is -1.11. The summed E-state index contributed by atoms with van der Waals surface area (Å²) in [7, 11) is -3.59. The van der Waals surface area contributed by atoms with Gasteiger partial charge in [0.05, 0.1) is 17.6 Å². The Balaban J connectivity index is 1.81. The fraction of sp³-hybridized carbons (Fsp3) is 0.600. The van der Waals surface area contributed by atoms with Crippen molar-refractivity contribution in [2.45, 2.75) is 55.6 Å². The van der Waals surface area contributed by atoms with Gasteiger partial charge < -0.3 is 9.84 Å². The van der Waals surface area contributed by atoms with Gasteiger partial charge >= 0.3 is 0 Å². The van der Waals surface area contributed by atoms with E-state index in [2.05, 4.69) is 4.72 Å². The number of rotatable bonds is 3. The van der Waals surface area contributed by atoms with Gasteiger partial charge in [-0.25, -0.2) is 13.1 Å². The molecule has 3 rings (SSSR count). The maximum Gasteiger partial charge on any atom is 0.240 e. The van der Waals surface area contributed by atoms with E-state index in [1.54, 1.807) is 18.2 Å². The first-order valence-electron chi connectivity index (χ1n) is 7.52. The van der Waals surface area contributed by atoms with Crippen molar-refractivity contribution in [1.82, 2.24) is 4.72 Å². The lowest BCUT2D eigenvalue weighted by molar-refractivity contribution is 0.101. The molecule has 0 spiro atoms. The van der Waals surface area contributed by atoms with Gasteiger partial charge in [-0.2, -0.15) is 0 Å². The summed E-state index contributed by atoms with van der Waals surface area (Å²) in [4.78, 5) is 0.254. The van der Waals surface area contributed by atoms with E-state index in [0.29, 0.717) is 19.4 Å². The van der Waals surface area contributed by atoms with Crippen LogP contribution in [-0.2, 0) is 16.4 Å². The monoisotopic (exact) mass is 311 g/mol. The van der Waals surface area contributed by atoms with Crippen LogP contribution in [0.2, 0.25) is 0 Å². The van der Waals surface area contributed by atoms with Crippen molar-refractivity contribution in [3.63, 3.8) is 0 Å². The van der Waals surface area contributed by atoms with E-state index in [0.717, 1.165) is 37.0 Å². The molecule has 0 saturated heterocycles. The summed E-state index contributed by atoms with van der Waals surface area (Å²) in [5.41, 5.74) is 0.938. The van der Waals surface area contributed by atoms with Crippen LogP contribution in [0, 0.1) is 0 Å². The number of benzene rings is 1. The molecule has 2 atom stereocenters. The number of aliphatic hydroxyl groups excluding tert-OH is 1. The van der Waals surface area contributed by atoms with Crippen molar-refractivity contribution < 1.29 is 18.3 Å². The number of hydrogen-bond donors (Lipinski definition) is 2. The van der Waals surface area contributed by atoms with Gasteiger partial charge in [0, 0.05) is 6.04 Å². The van der Waals surface area contributed by atoms with Crippen molar-refractivity contribution >= 4 is 10.0 Å². The van der Waals surface area contributed by atoms with Crippen molar-refractivity contribution in [1.29, 1.82) is 0 Å². The van der Waals surface area contributed by atoms with Gasteiger partial charge in [-0.05, 0) is 49.4 Å². The third-order valence-electron chi connectivity index (χ3n) is 4.23. The lowest BCUT2D eigenvalue weighted by atomic mass is 9.93. The fourth-order valence-electron chi connectivity index (χ4n) is 3.02. The zero-order valence-electron chi connectivity index (χ0n) is 11.9. The van der Waals surface area contributed by atoms with Crippen LogP contribution in [-0.4, -0.2) is 32.3 Å². The molecule has 0 unspecified atom stereocenters. The average Bonchev–Trinajstić information content (AvgIpc) is 2.49. The highest BCUT2D eigenvalue weighted by Crippen LogP contribution is 2.28. The third kappa shape index (κ3) is 3.22. The molecule has 2 N–H and O–H groups in total. The van der Waals surface area contributed by atoms with Crippen LogP contribution < -0.4 is 9.46 Å². The van der Waals surface area contributed by atoms with E-state index >= 15 is 0 Å². The number of nitrogens with one attached hydrogen (secondary N) is 1. The zero-order valence-corrected chi connectivity index (χ0v) is 12.7. The largest absolute Gasteiger partial charge is 0.493 e. The smallest absolute Gasteiger partial charge is 0.240 e. The van der Waals surface area contributed by atoms with Gasteiger partial charge in [0.25, 0.3) is 0 Å². The first-order valence-corrected chi connectivity index (χ1v) is 9.01. The Kier molecular flexibility index (Phi) is 4.19. The Morgan fingerprint density at radius 2 is 2.00 bits per heavy atom. The maximum atomic E-state index is 12.5. The Morgan fingerprint density at radius 1 is 1.19 bits per heavy atom. The molecule has 1 saturated carbocycles. The molecule has 1 aromatic carbocycles. The normalized spacial score (nSPS) is 26.0. The summed E-state index contributed by atoms with van der Waals surface area (Å²) in [6, 6.07) is 4.60. The van der Waals surface area contributed by atoms with Crippen LogP contribution in [0.15, 0.2) is 23.1 Å². The predicted octanol–water partition coefficient (Wildman–Crippen LogP) is 1.59. The van der Waals surface area contributed by atoms with E-state index in [9.17, 15) is 13.5 Å². The van der Waals surface area contributed by atoms with Crippen LogP contribution in [0.3, 0.4) is 0 Å². The Morgan fingerprint density at radius 3 is 2.81 bits per heavy atom. The molecular formula is C15H21NO4S. The third-order valence-corrected chi connectivity index (χ3v) is 5.71. The topological polar surface area (TPSA) is 75.6 Å². The number of sulfonamides is 1. The minimum Gasteiger partial charge on any atom is -0.493 e. The molecule has 21 heavy (non-hydrogen) atoms. The van der Waals surface area contributed by atoms with Gasteiger partial charge in [-0.1, -0.05) is 12.8 Å². The molecule has 1 fully saturated rings. The van der Waals surface area contributed by atoms with Gasteiger partial charge in [-0.3, -0.25) is 0 Å². The SMILES string of the molecule is O=S(=O)(N[C@@H]1CCCC[C@H]1O)c1ccc2c(c1)CCCO2. The second-order valence-electron chi connectivity index (χ2n) is 5.80. The average molecular weight is 311 g/mol. The first-order chi connectivity index (χ1) is 10.1. The van der Waals surface area contributed by atoms with E-state index < -0.39 is 16.1 Å². The maximum absolute atomic E-state index is 12.5. The number of hydrogen-bond acceptors (Lipinski definition) is 4. The summed E-state index contributed by atoms with van der Waals surface area (Å²) < 4.78 is 33.1. The molecule has 1 aliphatic carbocycles. The minimum atomic E-state index is -3.59. The Labute approximate surface area is 125 Å². The zero-order chi connectivity index (χ0) is 14.9. The Bertz CT molecular complexity index is 614. The van der Waals surface area contributed by atoms with E-state index in [1.165, 1.54) is 0 Å². The van der Waals surface area contributed by atoms with E-state index in [1.807, 2.05) is 0 Å². The van der Waals surface area contributed by atoms with Crippen LogP contribution in [0.5, 0.6) is 5.75 Å². The number of fused-ring (bicyclic) bond motifs is 1. The van der Waals surface area contributed by atoms with Crippen molar-refractivity contribution in [2.24, 2.45) is 0 Å². The molecule has 0 radical (unpaired) electrons. The number of aryl methyl sites for hydroxylation is 1. The van der Waals surface area contributed by atoms with Crippen LogP contribution in [0.1, 0.15) is 37.7 Å². The number of ether oxygens (including phenoxy) is 1. The van der Waals surface area contributed by atoms with Crippen LogP contribution in [0.4, 0.5) is 0 Å². The van der Waals surface area contributed by atoms with Crippen molar-refractivity contribution in [3.8, 4) is 5.75 Å². The standard InChI is InChI=1S/C15H21NO4S/c17-14-6-2-1-5-13(14)16-21(18,19)12-7-8-15-11(10-12)4-3-9-20-15/h7-8,10,13-14,16-17H,1-6,9H2/t13-,14-/m1/s1. The van der Waals surface area contributed by atoms with Gasteiger partial charge in [0.2, 0.25) is 10.0 Å². The van der Waals surface area contributed by atoms with Crippen molar-refractivity contribution in [2.75, 3.05) is 6.61 Å². The molecule has 0 amide bonds. The summed E-state index contributed by atoms with van der Waals surface area (Å²) in [5, 5.41) is 9.92. The number of aliphatic hydroxyl groups is 1. The molecule has 2 aliphatic rings. The van der Waals surface area contributed by atoms with Crippen molar-refractivity contribution in [3.05, 3.63) is 23.8 Å². The molecule has 0 bridgehead atoms. The molecule has 1 aliphatic heterocycles. The molecule has 0 aromatic heterocycles.